The standard InChI is InChI=1S/C12H18O2S2Se/c1-9(2)11(13)15-5-7-17-8-6-16-12(14)10(3)4/h1,3,5-8H2,2,4H3. The maximum atomic E-state index is 11.2. The van der Waals surface area contributed by atoms with Crippen molar-refractivity contribution >= 4 is 48.7 Å². The van der Waals surface area contributed by atoms with Crippen molar-refractivity contribution in [2.45, 2.75) is 24.5 Å². The van der Waals surface area contributed by atoms with E-state index in [1.807, 2.05) is 0 Å². The summed E-state index contributed by atoms with van der Waals surface area (Å²) < 4.78 is 0. The third kappa shape index (κ3) is 9.72. The molecule has 17 heavy (non-hydrogen) atoms. The molecule has 0 aromatic heterocycles. The number of carbonyl (C=O) groups excluding carboxylic acids is 2. The van der Waals surface area contributed by atoms with Crippen molar-refractivity contribution in [2.24, 2.45) is 0 Å². The van der Waals surface area contributed by atoms with E-state index in [2.05, 4.69) is 13.2 Å². The van der Waals surface area contributed by atoms with E-state index in [0.29, 0.717) is 26.1 Å². The van der Waals surface area contributed by atoms with Gasteiger partial charge < -0.3 is 0 Å². The van der Waals surface area contributed by atoms with Gasteiger partial charge in [-0.3, -0.25) is 0 Å². The Kier molecular flexibility index (Phi) is 10.0. The van der Waals surface area contributed by atoms with Crippen molar-refractivity contribution < 1.29 is 9.59 Å². The summed E-state index contributed by atoms with van der Waals surface area (Å²) in [6.07, 6.45) is 0. The van der Waals surface area contributed by atoms with E-state index in [4.69, 9.17) is 0 Å². The van der Waals surface area contributed by atoms with Gasteiger partial charge in [-0.05, 0) is 0 Å². The second-order valence-corrected chi connectivity index (χ2v) is 8.15. The Hall–Kier alpha value is 0.0395. The van der Waals surface area contributed by atoms with Crippen molar-refractivity contribution in [3.8, 4) is 0 Å². The Morgan fingerprint density at radius 2 is 1.29 bits per heavy atom. The second kappa shape index (κ2) is 10.0. The number of carbonyl (C=O) groups is 2. The quantitative estimate of drug-likeness (QED) is 0.387. The molecular formula is C12H18O2S2Se. The van der Waals surface area contributed by atoms with E-state index in [0.717, 1.165) is 22.1 Å². The van der Waals surface area contributed by atoms with E-state index in [-0.39, 0.29) is 10.2 Å². The SMILES string of the molecule is C=C(C)C(=O)SCC[Se]CCSC(=O)C(=C)C. The molecule has 0 atom stereocenters. The Balaban J connectivity index is 3.36. The van der Waals surface area contributed by atoms with Crippen molar-refractivity contribution in [1.82, 2.24) is 0 Å². The van der Waals surface area contributed by atoms with E-state index in [1.54, 1.807) is 13.8 Å². The molecule has 0 aliphatic carbocycles. The van der Waals surface area contributed by atoms with Crippen LogP contribution >= 0.6 is 23.5 Å². The zero-order valence-electron chi connectivity index (χ0n) is 10.3. The Morgan fingerprint density at radius 1 is 0.941 bits per heavy atom. The molecule has 0 aromatic rings. The van der Waals surface area contributed by atoms with E-state index < -0.39 is 0 Å². The molecule has 0 N–H and O–H groups in total. The molecular weight excluding hydrogens is 319 g/mol. The van der Waals surface area contributed by atoms with Crippen LogP contribution in [0.15, 0.2) is 24.3 Å². The zero-order valence-corrected chi connectivity index (χ0v) is 13.6. The zero-order chi connectivity index (χ0) is 13.3. The molecule has 0 saturated heterocycles. The summed E-state index contributed by atoms with van der Waals surface area (Å²) in [5.74, 6) is 1.73. The first kappa shape index (κ1) is 17.0. The Morgan fingerprint density at radius 3 is 1.59 bits per heavy atom. The van der Waals surface area contributed by atoms with E-state index in [1.165, 1.54) is 23.5 Å². The van der Waals surface area contributed by atoms with Crippen molar-refractivity contribution in [2.75, 3.05) is 11.5 Å². The molecule has 0 fully saturated rings. The van der Waals surface area contributed by atoms with Gasteiger partial charge in [-0.1, -0.05) is 0 Å². The van der Waals surface area contributed by atoms with Crippen molar-refractivity contribution in [3.05, 3.63) is 24.3 Å². The van der Waals surface area contributed by atoms with Crippen LogP contribution < -0.4 is 0 Å². The Bertz CT molecular complexity index is 284. The molecule has 96 valence electrons. The first-order valence-corrected chi connectivity index (χ1v) is 9.57. The topological polar surface area (TPSA) is 34.1 Å². The molecule has 0 spiro atoms. The second-order valence-electron chi connectivity index (χ2n) is 3.44. The summed E-state index contributed by atoms with van der Waals surface area (Å²) in [6, 6.07) is 0. The predicted molar refractivity (Wildman–Crippen MR) is 79.9 cm³/mol. The van der Waals surface area contributed by atoms with Gasteiger partial charge in [0, 0.05) is 0 Å². The number of thioether (sulfide) groups is 2. The minimum absolute atomic E-state index is 0.0904. The fourth-order valence-corrected chi connectivity index (χ4v) is 4.96. The first-order valence-electron chi connectivity index (χ1n) is 5.18. The van der Waals surface area contributed by atoms with Crippen LogP contribution in [0.4, 0.5) is 0 Å². The van der Waals surface area contributed by atoms with Crippen LogP contribution in [0.5, 0.6) is 0 Å². The van der Waals surface area contributed by atoms with Gasteiger partial charge in [-0.15, -0.1) is 0 Å². The predicted octanol–water partition coefficient (Wildman–Crippen LogP) is 3.20. The molecule has 2 nitrogen and oxygen atoms in total. The molecule has 0 aromatic carbocycles. The molecule has 0 saturated carbocycles. The molecule has 0 heterocycles. The van der Waals surface area contributed by atoms with Crippen LogP contribution in [0.3, 0.4) is 0 Å². The fourth-order valence-electron chi connectivity index (χ4n) is 0.735. The molecule has 0 bridgehead atoms. The van der Waals surface area contributed by atoms with Crippen molar-refractivity contribution in [1.29, 1.82) is 0 Å². The minimum atomic E-state index is 0.0904. The summed E-state index contributed by atoms with van der Waals surface area (Å²) in [5, 5.41) is 2.32. The molecule has 0 unspecified atom stereocenters. The number of hydrogen-bond acceptors (Lipinski definition) is 4. The molecule has 0 radical (unpaired) electrons. The van der Waals surface area contributed by atoms with Crippen LogP contribution in [0.25, 0.3) is 0 Å². The van der Waals surface area contributed by atoms with Crippen LogP contribution in [0.1, 0.15) is 13.8 Å². The molecule has 0 aliphatic rings. The van der Waals surface area contributed by atoms with Gasteiger partial charge in [0.1, 0.15) is 0 Å². The summed E-state index contributed by atoms with van der Waals surface area (Å²) in [5.41, 5.74) is 1.23. The van der Waals surface area contributed by atoms with Gasteiger partial charge in [0.05, 0.1) is 0 Å². The molecule has 0 aliphatic heterocycles. The monoisotopic (exact) mass is 338 g/mol. The first-order chi connectivity index (χ1) is 7.95. The normalized spacial score (nSPS) is 10.0. The summed E-state index contributed by atoms with van der Waals surface area (Å²) in [6.45, 7) is 10.7. The average molecular weight is 337 g/mol. The van der Waals surface area contributed by atoms with Gasteiger partial charge in [0.15, 0.2) is 0 Å². The summed E-state index contributed by atoms with van der Waals surface area (Å²) >= 11 is 3.20. The maximum absolute atomic E-state index is 11.2. The van der Waals surface area contributed by atoms with Crippen LogP contribution in [-0.4, -0.2) is 36.7 Å². The van der Waals surface area contributed by atoms with Gasteiger partial charge in [-0.25, -0.2) is 0 Å². The van der Waals surface area contributed by atoms with Gasteiger partial charge in [0.25, 0.3) is 0 Å². The summed E-state index contributed by atoms with van der Waals surface area (Å²) in [4.78, 5) is 22.4. The molecule has 0 amide bonds. The third-order valence-corrected chi connectivity index (χ3v) is 6.89. The fraction of sp³-hybridized carbons (Fsp3) is 0.500. The van der Waals surface area contributed by atoms with Gasteiger partial charge in [0.2, 0.25) is 0 Å². The van der Waals surface area contributed by atoms with Gasteiger partial charge in [-0.2, -0.15) is 0 Å². The van der Waals surface area contributed by atoms with Gasteiger partial charge >= 0.3 is 119 Å². The van der Waals surface area contributed by atoms with E-state index in [9.17, 15) is 9.59 Å². The van der Waals surface area contributed by atoms with E-state index >= 15 is 0 Å². The number of hydrogen-bond donors (Lipinski definition) is 0. The molecule has 5 heteroatoms. The average Bonchev–Trinajstić information content (AvgIpc) is 2.26. The Labute approximate surface area is 118 Å². The van der Waals surface area contributed by atoms with Crippen molar-refractivity contribution in [3.63, 3.8) is 0 Å². The summed E-state index contributed by atoms with van der Waals surface area (Å²) in [7, 11) is 0. The van der Waals surface area contributed by atoms with Crippen LogP contribution in [-0.2, 0) is 9.59 Å². The third-order valence-electron chi connectivity index (χ3n) is 1.62. The molecule has 0 rings (SSSR count). The van der Waals surface area contributed by atoms with Crippen LogP contribution in [0, 0.1) is 0 Å². The van der Waals surface area contributed by atoms with Crippen LogP contribution in [0.2, 0.25) is 10.6 Å². The number of rotatable bonds is 8.